The summed E-state index contributed by atoms with van der Waals surface area (Å²) in [7, 11) is 0. The number of hydrogen-bond acceptors (Lipinski definition) is 4. The second kappa shape index (κ2) is 6.22. The van der Waals surface area contributed by atoms with Crippen molar-refractivity contribution in [2.45, 2.75) is 52.2 Å². The van der Waals surface area contributed by atoms with Gasteiger partial charge in [-0.15, -0.1) is 0 Å². The molecular formula is C11H19NO5. The van der Waals surface area contributed by atoms with E-state index in [-0.39, 0.29) is 12.8 Å². The molecule has 2 N–H and O–H groups in total. The van der Waals surface area contributed by atoms with Crippen LogP contribution < -0.4 is 5.32 Å². The van der Waals surface area contributed by atoms with Gasteiger partial charge in [0.05, 0.1) is 0 Å². The van der Waals surface area contributed by atoms with Crippen molar-refractivity contribution < 1.29 is 24.2 Å². The van der Waals surface area contributed by atoms with Crippen molar-refractivity contribution in [2.75, 3.05) is 0 Å². The molecule has 0 aliphatic heterocycles. The van der Waals surface area contributed by atoms with Crippen molar-refractivity contribution >= 4 is 17.8 Å². The summed E-state index contributed by atoms with van der Waals surface area (Å²) in [6.45, 7) is 6.41. The quantitative estimate of drug-likeness (QED) is 0.695. The number of nitrogens with one attached hydrogen (secondary N) is 1. The normalized spacial score (nSPS) is 12.7. The highest BCUT2D eigenvalue weighted by molar-refractivity contribution is 5.82. The Bertz CT molecular complexity index is 305. The lowest BCUT2D eigenvalue weighted by atomic mass is 10.1. The van der Waals surface area contributed by atoms with Crippen LogP contribution in [0.3, 0.4) is 0 Å². The van der Waals surface area contributed by atoms with Gasteiger partial charge in [-0.2, -0.15) is 0 Å². The largest absolute Gasteiger partial charge is 0.480 e. The lowest BCUT2D eigenvalue weighted by molar-refractivity contribution is -0.155. The van der Waals surface area contributed by atoms with Gasteiger partial charge in [0.15, 0.2) is 0 Å². The summed E-state index contributed by atoms with van der Waals surface area (Å²) in [5.74, 6) is -2.08. The molecule has 0 radical (unpaired) electrons. The van der Waals surface area contributed by atoms with E-state index in [2.05, 4.69) is 5.32 Å². The highest BCUT2D eigenvalue weighted by Gasteiger charge is 2.22. The molecule has 0 heterocycles. The summed E-state index contributed by atoms with van der Waals surface area (Å²) >= 11 is 0. The molecule has 0 bridgehead atoms. The lowest BCUT2D eigenvalue weighted by Crippen LogP contribution is -2.40. The molecule has 0 saturated heterocycles. The molecule has 6 nitrogen and oxygen atoms in total. The van der Waals surface area contributed by atoms with Gasteiger partial charge in [0.1, 0.15) is 11.6 Å². The van der Waals surface area contributed by atoms with Crippen molar-refractivity contribution in [2.24, 2.45) is 0 Å². The van der Waals surface area contributed by atoms with Crippen LogP contribution in [0, 0.1) is 0 Å². The molecule has 0 saturated carbocycles. The van der Waals surface area contributed by atoms with Crippen molar-refractivity contribution in [3.63, 3.8) is 0 Å². The summed E-state index contributed by atoms with van der Waals surface area (Å²) < 4.78 is 5.03. The van der Waals surface area contributed by atoms with Gasteiger partial charge in [0, 0.05) is 13.3 Å². The van der Waals surface area contributed by atoms with E-state index < -0.39 is 29.5 Å². The Morgan fingerprint density at radius 1 is 1.29 bits per heavy atom. The van der Waals surface area contributed by atoms with E-state index in [0.29, 0.717) is 0 Å². The molecular weight excluding hydrogens is 226 g/mol. The number of carbonyl (C=O) groups excluding carboxylic acids is 2. The lowest BCUT2D eigenvalue weighted by Gasteiger charge is -2.20. The smallest absolute Gasteiger partial charge is 0.326 e. The molecule has 0 rings (SSSR count). The van der Waals surface area contributed by atoms with E-state index in [1.54, 1.807) is 20.8 Å². The zero-order valence-electron chi connectivity index (χ0n) is 10.6. The molecule has 0 unspecified atom stereocenters. The number of hydrogen-bond donors (Lipinski definition) is 2. The van der Waals surface area contributed by atoms with Gasteiger partial charge in [-0.05, 0) is 27.2 Å². The van der Waals surface area contributed by atoms with Crippen LogP contribution in [-0.4, -0.2) is 34.6 Å². The van der Waals surface area contributed by atoms with E-state index in [1.807, 2.05) is 0 Å². The molecule has 17 heavy (non-hydrogen) atoms. The topological polar surface area (TPSA) is 92.7 Å². The van der Waals surface area contributed by atoms with Gasteiger partial charge in [0.25, 0.3) is 0 Å². The highest BCUT2D eigenvalue weighted by Crippen LogP contribution is 2.10. The Hall–Kier alpha value is -1.59. The Labute approximate surface area is 100 Å². The van der Waals surface area contributed by atoms with Crippen LogP contribution in [0.1, 0.15) is 40.5 Å². The first-order valence-corrected chi connectivity index (χ1v) is 5.33. The molecule has 6 heteroatoms. The number of carboxylic acids is 1. The van der Waals surface area contributed by atoms with Gasteiger partial charge >= 0.3 is 11.9 Å². The number of rotatable bonds is 5. The van der Waals surface area contributed by atoms with Crippen LogP contribution in [-0.2, 0) is 19.1 Å². The molecule has 0 aromatic heterocycles. The second-order valence-electron chi connectivity index (χ2n) is 4.72. The Morgan fingerprint density at radius 2 is 1.82 bits per heavy atom. The first-order chi connectivity index (χ1) is 7.61. The predicted octanol–water partition coefficient (Wildman–Crippen LogP) is 0.698. The van der Waals surface area contributed by atoms with Gasteiger partial charge < -0.3 is 15.2 Å². The van der Waals surface area contributed by atoms with Gasteiger partial charge in [0.2, 0.25) is 5.91 Å². The summed E-state index contributed by atoms with van der Waals surface area (Å²) in [6.07, 6.45) is -0.0294. The van der Waals surface area contributed by atoms with Crippen molar-refractivity contribution in [1.29, 1.82) is 0 Å². The highest BCUT2D eigenvalue weighted by atomic mass is 16.6. The minimum absolute atomic E-state index is 0.0177. The van der Waals surface area contributed by atoms with E-state index in [9.17, 15) is 14.4 Å². The van der Waals surface area contributed by atoms with E-state index in [4.69, 9.17) is 9.84 Å². The number of amides is 1. The Morgan fingerprint density at radius 3 is 2.18 bits per heavy atom. The van der Waals surface area contributed by atoms with E-state index in [1.165, 1.54) is 6.92 Å². The van der Waals surface area contributed by atoms with Crippen LogP contribution in [0.4, 0.5) is 0 Å². The fourth-order valence-corrected chi connectivity index (χ4v) is 1.16. The fraction of sp³-hybridized carbons (Fsp3) is 0.727. The maximum Gasteiger partial charge on any atom is 0.326 e. The predicted molar refractivity (Wildman–Crippen MR) is 60.3 cm³/mol. The summed E-state index contributed by atoms with van der Waals surface area (Å²) in [5, 5.41) is 11.1. The van der Waals surface area contributed by atoms with Crippen molar-refractivity contribution in [3.8, 4) is 0 Å². The zero-order valence-corrected chi connectivity index (χ0v) is 10.6. The number of esters is 1. The average Bonchev–Trinajstić information content (AvgIpc) is 2.08. The molecule has 0 aromatic carbocycles. The second-order valence-corrected chi connectivity index (χ2v) is 4.72. The van der Waals surface area contributed by atoms with Gasteiger partial charge in [-0.1, -0.05) is 0 Å². The minimum Gasteiger partial charge on any atom is -0.480 e. The molecule has 98 valence electrons. The van der Waals surface area contributed by atoms with Crippen LogP contribution in [0.2, 0.25) is 0 Å². The maximum absolute atomic E-state index is 11.3. The minimum atomic E-state index is -1.16. The SMILES string of the molecule is CC(=O)N[C@@H](CCC(=O)OC(C)(C)C)C(=O)O. The Balaban J connectivity index is 4.18. The molecule has 0 aliphatic carbocycles. The van der Waals surface area contributed by atoms with Gasteiger partial charge in [-0.25, -0.2) is 4.79 Å². The summed E-state index contributed by atoms with van der Waals surface area (Å²) in [4.78, 5) is 32.9. The fourth-order valence-electron chi connectivity index (χ4n) is 1.16. The van der Waals surface area contributed by atoms with E-state index >= 15 is 0 Å². The van der Waals surface area contributed by atoms with Crippen LogP contribution in [0.5, 0.6) is 0 Å². The first-order valence-electron chi connectivity index (χ1n) is 5.33. The number of carbonyl (C=O) groups is 3. The number of ether oxygens (including phenoxy) is 1. The third-order valence-electron chi connectivity index (χ3n) is 1.73. The Kier molecular flexibility index (Phi) is 5.64. The maximum atomic E-state index is 11.3. The summed E-state index contributed by atoms with van der Waals surface area (Å²) in [5.41, 5.74) is -0.593. The van der Waals surface area contributed by atoms with E-state index in [0.717, 1.165) is 0 Å². The average molecular weight is 245 g/mol. The molecule has 0 spiro atoms. The van der Waals surface area contributed by atoms with Crippen LogP contribution >= 0.6 is 0 Å². The summed E-state index contributed by atoms with van der Waals surface area (Å²) in [6, 6.07) is -1.06. The molecule has 0 aliphatic rings. The third kappa shape index (κ3) is 8.24. The standard InChI is InChI=1S/C11H19NO5/c1-7(13)12-8(10(15)16)5-6-9(14)17-11(2,3)4/h8H,5-6H2,1-4H3,(H,12,13)(H,15,16)/t8-/m0/s1. The first kappa shape index (κ1) is 15.4. The number of aliphatic carboxylic acids is 1. The van der Waals surface area contributed by atoms with Crippen molar-refractivity contribution in [1.82, 2.24) is 5.32 Å². The zero-order chi connectivity index (χ0) is 13.6. The van der Waals surface area contributed by atoms with Crippen molar-refractivity contribution in [3.05, 3.63) is 0 Å². The molecule has 0 aromatic rings. The molecule has 1 atom stereocenters. The monoisotopic (exact) mass is 245 g/mol. The molecule has 0 fully saturated rings. The van der Waals surface area contributed by atoms with Crippen LogP contribution in [0.25, 0.3) is 0 Å². The molecule has 1 amide bonds. The van der Waals surface area contributed by atoms with Gasteiger partial charge in [-0.3, -0.25) is 9.59 Å². The number of carboxylic acid groups (broad SMARTS) is 1. The third-order valence-corrected chi connectivity index (χ3v) is 1.73. The van der Waals surface area contributed by atoms with Crippen LogP contribution in [0.15, 0.2) is 0 Å².